The Labute approximate surface area is 297 Å². The normalized spacial score (nSPS) is 24.8. The number of alkyl halides is 2. The van der Waals surface area contributed by atoms with Crippen LogP contribution in [0.5, 0.6) is 6.01 Å². The molecule has 3 saturated heterocycles. The van der Waals surface area contributed by atoms with E-state index < -0.39 is 11.8 Å². The number of likely N-dealkylation sites (N-methyl/N-ethyl adjacent to an activating group) is 1. The predicted molar refractivity (Wildman–Crippen MR) is 191 cm³/mol. The second-order valence-corrected chi connectivity index (χ2v) is 14.6. The van der Waals surface area contributed by atoms with Gasteiger partial charge in [0.2, 0.25) is 12.5 Å². The molecular formula is C37H43ClF2N8O2. The molecule has 0 saturated carbocycles. The van der Waals surface area contributed by atoms with E-state index in [1.807, 2.05) is 35.0 Å². The summed E-state index contributed by atoms with van der Waals surface area (Å²) in [5.74, 6) is 0.612. The van der Waals surface area contributed by atoms with Crippen molar-refractivity contribution in [2.24, 2.45) is 0 Å². The van der Waals surface area contributed by atoms with Gasteiger partial charge in [-0.15, -0.1) is 0 Å². The summed E-state index contributed by atoms with van der Waals surface area (Å²) in [6, 6.07) is 11.9. The Kier molecular flexibility index (Phi) is 9.83. The number of piperazine rings is 1. The molecule has 4 aliphatic heterocycles. The molecule has 3 fully saturated rings. The molecule has 1 unspecified atom stereocenters. The number of rotatable bonds is 9. The molecule has 0 spiro atoms. The molecule has 50 heavy (non-hydrogen) atoms. The van der Waals surface area contributed by atoms with Crippen molar-refractivity contribution < 1.29 is 18.3 Å². The van der Waals surface area contributed by atoms with Crippen molar-refractivity contribution in [3.8, 4) is 6.01 Å². The minimum atomic E-state index is -1.28. The maximum Gasteiger partial charge on any atom is 0.318 e. The van der Waals surface area contributed by atoms with Gasteiger partial charge in [0.05, 0.1) is 17.3 Å². The van der Waals surface area contributed by atoms with Gasteiger partial charge in [0.25, 0.3) is 0 Å². The molecule has 0 bridgehead atoms. The molecule has 2 aromatic carbocycles. The number of aromatic nitrogens is 2. The first-order valence-electron chi connectivity index (χ1n) is 17.3. The maximum absolute atomic E-state index is 14.8. The highest BCUT2D eigenvalue weighted by Crippen LogP contribution is 2.37. The minimum Gasteiger partial charge on any atom is -0.462 e. The van der Waals surface area contributed by atoms with Gasteiger partial charge in [0.1, 0.15) is 30.3 Å². The van der Waals surface area contributed by atoms with Gasteiger partial charge in [-0.2, -0.15) is 9.97 Å². The molecule has 5 heterocycles. The lowest BCUT2D eigenvalue weighted by atomic mass is 10.0. The summed E-state index contributed by atoms with van der Waals surface area (Å²) in [6.07, 6.45) is 3.59. The predicted octanol–water partition coefficient (Wildman–Crippen LogP) is 4.80. The Hall–Kier alpha value is -4.05. The van der Waals surface area contributed by atoms with Gasteiger partial charge in [-0.1, -0.05) is 41.9 Å². The number of carbonyl (C=O) groups is 1. The van der Waals surface area contributed by atoms with Crippen LogP contribution in [0.3, 0.4) is 0 Å². The van der Waals surface area contributed by atoms with Crippen LogP contribution in [0.25, 0.3) is 15.6 Å². The molecule has 4 aliphatic rings. The molecular weight excluding hydrogens is 662 g/mol. The zero-order chi connectivity index (χ0) is 35.0. The number of hydrogen-bond acceptors (Lipinski definition) is 8. The zero-order valence-corrected chi connectivity index (χ0v) is 29.3. The molecule has 0 aliphatic carbocycles. The van der Waals surface area contributed by atoms with Gasteiger partial charge in [-0.25, -0.2) is 15.4 Å². The summed E-state index contributed by atoms with van der Waals surface area (Å²) < 4.78 is 34.3. The number of ether oxygens (including phenoxy) is 1. The van der Waals surface area contributed by atoms with Crippen LogP contribution in [0.15, 0.2) is 48.6 Å². The first-order valence-corrected chi connectivity index (χ1v) is 17.7. The lowest BCUT2D eigenvalue weighted by molar-refractivity contribution is -0.128. The summed E-state index contributed by atoms with van der Waals surface area (Å²) in [5, 5.41) is 2.76. The van der Waals surface area contributed by atoms with Gasteiger partial charge in [0, 0.05) is 87.5 Å². The molecule has 0 radical (unpaired) electrons. The van der Waals surface area contributed by atoms with Crippen molar-refractivity contribution in [2.45, 2.75) is 50.2 Å². The van der Waals surface area contributed by atoms with Crippen molar-refractivity contribution >= 4 is 39.8 Å². The molecule has 264 valence electrons. The molecule has 3 aromatic rings. The van der Waals surface area contributed by atoms with Crippen LogP contribution < -0.4 is 14.5 Å². The van der Waals surface area contributed by atoms with Crippen LogP contribution in [0.1, 0.15) is 24.6 Å². The van der Waals surface area contributed by atoms with Crippen molar-refractivity contribution in [2.75, 3.05) is 82.4 Å². The van der Waals surface area contributed by atoms with E-state index in [9.17, 15) is 13.6 Å². The fourth-order valence-corrected chi connectivity index (χ4v) is 8.11. The van der Waals surface area contributed by atoms with Gasteiger partial charge < -0.3 is 24.3 Å². The van der Waals surface area contributed by atoms with Gasteiger partial charge >= 0.3 is 6.01 Å². The number of carbonyl (C=O) groups excluding carboxylic acids is 1. The van der Waals surface area contributed by atoms with Gasteiger partial charge in [-0.05, 0) is 37.9 Å². The van der Waals surface area contributed by atoms with Crippen LogP contribution in [0.2, 0.25) is 5.02 Å². The topological polar surface area (TPSA) is 72.6 Å². The van der Waals surface area contributed by atoms with Crippen molar-refractivity contribution in [3.63, 3.8) is 0 Å². The number of anilines is 2. The molecule has 13 heteroatoms. The fraction of sp³-hybridized carbons (Fsp3) is 0.514. The number of benzene rings is 2. The quantitative estimate of drug-likeness (QED) is 0.233. The lowest BCUT2D eigenvalue weighted by Gasteiger charge is -2.41. The second-order valence-electron chi connectivity index (χ2n) is 14.2. The molecule has 1 amide bonds. The van der Waals surface area contributed by atoms with Crippen LogP contribution in [0, 0.1) is 6.57 Å². The Morgan fingerprint density at radius 2 is 1.92 bits per heavy atom. The number of likely N-dealkylation sites (tertiary alicyclic amines) is 2. The third-order valence-electron chi connectivity index (χ3n) is 10.4. The van der Waals surface area contributed by atoms with E-state index in [-0.39, 0.29) is 37.2 Å². The van der Waals surface area contributed by atoms with Crippen LogP contribution in [0.4, 0.5) is 20.3 Å². The van der Waals surface area contributed by atoms with Gasteiger partial charge in [-0.3, -0.25) is 14.6 Å². The number of fused-ring (bicyclic) bond motifs is 2. The van der Waals surface area contributed by atoms with Crippen LogP contribution >= 0.6 is 11.6 Å². The molecule has 3 atom stereocenters. The highest BCUT2D eigenvalue weighted by Gasteiger charge is 2.40. The average molecular weight is 705 g/mol. The lowest BCUT2D eigenvalue weighted by Crippen LogP contribution is -2.56. The first-order chi connectivity index (χ1) is 24.1. The van der Waals surface area contributed by atoms with E-state index >= 15 is 0 Å². The summed E-state index contributed by atoms with van der Waals surface area (Å²) in [5.41, 5.74) is 1.63. The highest BCUT2D eigenvalue weighted by atomic mass is 35.5. The fourth-order valence-electron chi connectivity index (χ4n) is 7.83. The van der Waals surface area contributed by atoms with E-state index in [0.29, 0.717) is 70.2 Å². The van der Waals surface area contributed by atoms with Crippen molar-refractivity contribution in [1.29, 1.82) is 0 Å². The van der Waals surface area contributed by atoms with Crippen molar-refractivity contribution in [1.82, 2.24) is 24.7 Å². The minimum absolute atomic E-state index is 0.104. The van der Waals surface area contributed by atoms with E-state index in [4.69, 9.17) is 32.9 Å². The van der Waals surface area contributed by atoms with E-state index in [0.717, 1.165) is 40.1 Å². The van der Waals surface area contributed by atoms with E-state index in [2.05, 4.69) is 32.8 Å². The maximum atomic E-state index is 14.8. The Balaban J connectivity index is 1.15. The number of hydrogen-bond donors (Lipinski definition) is 0. The highest BCUT2D eigenvalue weighted by molar-refractivity contribution is 6.36. The summed E-state index contributed by atoms with van der Waals surface area (Å²) in [4.78, 5) is 37.0. The Bertz CT molecular complexity index is 1810. The Morgan fingerprint density at radius 3 is 2.66 bits per heavy atom. The molecule has 1 aromatic heterocycles. The van der Waals surface area contributed by atoms with Gasteiger partial charge in [0.15, 0.2) is 0 Å². The number of amides is 1. The van der Waals surface area contributed by atoms with E-state index in [1.54, 1.807) is 24.0 Å². The first kappa shape index (κ1) is 34.4. The summed E-state index contributed by atoms with van der Waals surface area (Å²) >= 11 is 6.72. The number of nitrogens with zero attached hydrogens (tertiary/aromatic N) is 8. The zero-order valence-electron chi connectivity index (χ0n) is 28.6. The third-order valence-corrected chi connectivity index (χ3v) is 10.7. The standard InChI is InChI=1S/C37H43ClF2N8O2/c1-37(40)17-27(44(3)24-37)23-50-36-42-31-22-46(32-10-5-8-25-7-4-9-30(38)34(25)32)14-12-29(31)35(43-36)47-15-16-48(28(21-47)18-41-2)33(49)11-6-13-45-19-26(39)20-45/h4-11,26-28H,12-24H2,1,3H3/b11-6+/t27-,28-,37?/m0/s1. The van der Waals surface area contributed by atoms with E-state index in [1.165, 1.54) is 0 Å². The largest absolute Gasteiger partial charge is 0.462 e. The molecule has 10 nitrogen and oxygen atoms in total. The third kappa shape index (κ3) is 7.22. The number of halogens is 3. The summed E-state index contributed by atoms with van der Waals surface area (Å²) in [6.45, 7) is 14.0. The summed E-state index contributed by atoms with van der Waals surface area (Å²) in [7, 11) is 1.91. The van der Waals surface area contributed by atoms with Crippen molar-refractivity contribution in [3.05, 3.63) is 76.2 Å². The average Bonchev–Trinajstić information content (AvgIpc) is 3.36. The smallest absolute Gasteiger partial charge is 0.318 e. The monoisotopic (exact) mass is 704 g/mol. The van der Waals surface area contributed by atoms with Crippen LogP contribution in [-0.4, -0.2) is 127 Å². The Morgan fingerprint density at radius 1 is 1.12 bits per heavy atom. The van der Waals surface area contributed by atoms with Crippen LogP contribution in [-0.2, 0) is 17.8 Å². The second kappa shape index (κ2) is 14.3. The molecule has 0 N–H and O–H groups in total. The SMILES string of the molecule is [C-]#[N+]C[C@H]1CN(c2nc(OC[C@@H]3CC(C)(F)CN3C)nc3c2CCN(c2cccc4cccc(Cl)c24)C3)CCN1C(=O)/C=C/CN1CC(F)C1. The molecule has 7 rings (SSSR count).